The summed E-state index contributed by atoms with van der Waals surface area (Å²) in [5, 5.41) is 14.1. The Labute approximate surface area is 148 Å². The van der Waals surface area contributed by atoms with Crippen molar-refractivity contribution >= 4 is 60.8 Å². The fourth-order valence-electron chi connectivity index (χ4n) is 2.03. The van der Waals surface area contributed by atoms with Crippen LogP contribution in [0.1, 0.15) is 5.56 Å². The zero-order valence-corrected chi connectivity index (χ0v) is 15.2. The van der Waals surface area contributed by atoms with E-state index in [2.05, 4.69) is 31.2 Å². The number of pyridine rings is 1. The standard InChI is InChI=1S/C14H11BrN4O2S2/c1-22-14-18-10-3-2-8(4-12(10)23-14)6-16-13-11(19(20)21)5-9(15)7-17-13/h2-5,7H,6H2,1H3,(H,16,17). The van der Waals surface area contributed by atoms with Crippen LogP contribution in [-0.2, 0) is 6.54 Å². The molecule has 0 saturated heterocycles. The summed E-state index contributed by atoms with van der Waals surface area (Å²) >= 11 is 6.45. The molecule has 6 nitrogen and oxygen atoms in total. The summed E-state index contributed by atoms with van der Waals surface area (Å²) in [4.78, 5) is 19.2. The molecule has 0 aliphatic heterocycles. The van der Waals surface area contributed by atoms with E-state index < -0.39 is 4.92 Å². The quantitative estimate of drug-likeness (QED) is 0.373. The first-order valence-corrected chi connectivity index (χ1v) is 9.37. The van der Waals surface area contributed by atoms with Gasteiger partial charge in [0, 0.05) is 23.3 Å². The minimum Gasteiger partial charge on any atom is -0.360 e. The number of thiazole rings is 1. The minimum atomic E-state index is -0.447. The summed E-state index contributed by atoms with van der Waals surface area (Å²) in [5.41, 5.74) is 1.94. The number of halogens is 1. The molecule has 2 heterocycles. The van der Waals surface area contributed by atoms with Gasteiger partial charge in [0.25, 0.3) is 0 Å². The predicted molar refractivity (Wildman–Crippen MR) is 97.3 cm³/mol. The molecule has 2 aromatic heterocycles. The van der Waals surface area contributed by atoms with Gasteiger partial charge in [0.15, 0.2) is 4.34 Å². The molecule has 0 aliphatic rings. The average Bonchev–Trinajstić information content (AvgIpc) is 2.95. The number of fused-ring (bicyclic) bond motifs is 1. The van der Waals surface area contributed by atoms with Crippen LogP contribution in [0.3, 0.4) is 0 Å². The molecular formula is C14H11BrN4O2S2. The van der Waals surface area contributed by atoms with Crippen molar-refractivity contribution in [3.63, 3.8) is 0 Å². The molecule has 0 bridgehead atoms. The zero-order valence-electron chi connectivity index (χ0n) is 11.9. The van der Waals surface area contributed by atoms with Crippen LogP contribution >= 0.6 is 39.0 Å². The van der Waals surface area contributed by atoms with Gasteiger partial charge in [0.05, 0.1) is 15.1 Å². The monoisotopic (exact) mass is 410 g/mol. The fourth-order valence-corrected chi connectivity index (χ4v) is 3.91. The van der Waals surface area contributed by atoms with E-state index in [1.165, 1.54) is 12.3 Å². The van der Waals surface area contributed by atoms with Crippen LogP contribution in [0.25, 0.3) is 10.2 Å². The van der Waals surface area contributed by atoms with Gasteiger partial charge in [-0.1, -0.05) is 17.8 Å². The van der Waals surface area contributed by atoms with Crippen LogP contribution in [-0.4, -0.2) is 21.1 Å². The maximum Gasteiger partial charge on any atom is 0.312 e. The lowest BCUT2D eigenvalue weighted by Crippen LogP contribution is -2.04. The van der Waals surface area contributed by atoms with Crippen molar-refractivity contribution in [1.29, 1.82) is 0 Å². The number of hydrogen-bond donors (Lipinski definition) is 1. The van der Waals surface area contributed by atoms with E-state index in [0.717, 1.165) is 20.1 Å². The smallest absolute Gasteiger partial charge is 0.312 e. The lowest BCUT2D eigenvalue weighted by molar-refractivity contribution is -0.384. The van der Waals surface area contributed by atoms with Crippen LogP contribution < -0.4 is 5.32 Å². The number of thioether (sulfide) groups is 1. The number of nitrogens with one attached hydrogen (secondary N) is 1. The Balaban J connectivity index is 1.82. The second kappa shape index (κ2) is 6.81. The summed E-state index contributed by atoms with van der Waals surface area (Å²) in [7, 11) is 0. The summed E-state index contributed by atoms with van der Waals surface area (Å²) in [6.07, 6.45) is 3.53. The average molecular weight is 411 g/mol. The van der Waals surface area contributed by atoms with Gasteiger partial charge in [-0.05, 0) is 39.9 Å². The van der Waals surface area contributed by atoms with Crippen molar-refractivity contribution in [3.05, 3.63) is 50.6 Å². The number of nitrogens with zero attached hydrogens (tertiary/aromatic N) is 3. The highest BCUT2D eigenvalue weighted by Crippen LogP contribution is 2.29. The number of benzene rings is 1. The molecule has 0 atom stereocenters. The molecule has 0 amide bonds. The highest BCUT2D eigenvalue weighted by Gasteiger charge is 2.15. The third-order valence-electron chi connectivity index (χ3n) is 3.10. The first-order valence-electron chi connectivity index (χ1n) is 6.54. The molecule has 3 aromatic rings. The van der Waals surface area contributed by atoms with Gasteiger partial charge < -0.3 is 5.32 Å². The lowest BCUT2D eigenvalue weighted by atomic mass is 10.2. The van der Waals surface area contributed by atoms with E-state index in [-0.39, 0.29) is 11.5 Å². The Bertz CT molecular complexity index is 884. The number of rotatable bonds is 5. The van der Waals surface area contributed by atoms with E-state index in [1.807, 2.05) is 24.5 Å². The number of anilines is 1. The fraction of sp³-hybridized carbons (Fsp3) is 0.143. The molecule has 0 unspecified atom stereocenters. The van der Waals surface area contributed by atoms with Crippen molar-refractivity contribution < 1.29 is 4.92 Å². The third-order valence-corrected chi connectivity index (χ3v) is 5.54. The number of hydrogen-bond acceptors (Lipinski definition) is 7. The second-order valence-electron chi connectivity index (χ2n) is 4.62. The van der Waals surface area contributed by atoms with E-state index in [1.54, 1.807) is 23.1 Å². The molecule has 1 N–H and O–H groups in total. The molecular weight excluding hydrogens is 400 g/mol. The maximum absolute atomic E-state index is 11.1. The Morgan fingerprint density at radius 2 is 2.26 bits per heavy atom. The molecule has 0 spiro atoms. The van der Waals surface area contributed by atoms with E-state index in [0.29, 0.717) is 11.0 Å². The van der Waals surface area contributed by atoms with Crippen molar-refractivity contribution in [2.24, 2.45) is 0 Å². The number of aromatic nitrogens is 2. The van der Waals surface area contributed by atoms with Crippen molar-refractivity contribution in [2.75, 3.05) is 11.6 Å². The van der Waals surface area contributed by atoms with Gasteiger partial charge in [0.1, 0.15) is 0 Å². The normalized spacial score (nSPS) is 10.9. The highest BCUT2D eigenvalue weighted by molar-refractivity contribution is 9.10. The molecule has 0 radical (unpaired) electrons. The molecule has 0 aliphatic carbocycles. The molecule has 0 fully saturated rings. The van der Waals surface area contributed by atoms with Crippen molar-refractivity contribution in [2.45, 2.75) is 10.9 Å². The lowest BCUT2D eigenvalue weighted by Gasteiger charge is -2.06. The Kier molecular flexibility index (Phi) is 4.79. The minimum absolute atomic E-state index is 0.0529. The van der Waals surface area contributed by atoms with E-state index >= 15 is 0 Å². The van der Waals surface area contributed by atoms with Crippen LogP contribution in [0.5, 0.6) is 0 Å². The van der Waals surface area contributed by atoms with Gasteiger partial charge in [0.2, 0.25) is 5.82 Å². The van der Waals surface area contributed by atoms with Crippen molar-refractivity contribution in [3.8, 4) is 0 Å². The SMILES string of the molecule is CSc1nc2ccc(CNc3ncc(Br)cc3[N+](=O)[O-])cc2s1. The second-order valence-corrected chi connectivity index (χ2v) is 7.62. The maximum atomic E-state index is 11.1. The summed E-state index contributed by atoms with van der Waals surface area (Å²) < 4.78 is 2.70. The van der Waals surface area contributed by atoms with Crippen LogP contribution in [0.4, 0.5) is 11.5 Å². The van der Waals surface area contributed by atoms with Crippen molar-refractivity contribution in [1.82, 2.24) is 9.97 Å². The third kappa shape index (κ3) is 3.62. The molecule has 0 saturated carbocycles. The Morgan fingerprint density at radius 1 is 1.43 bits per heavy atom. The van der Waals surface area contributed by atoms with Crippen LogP contribution in [0.2, 0.25) is 0 Å². The Morgan fingerprint density at radius 3 is 3.00 bits per heavy atom. The molecule has 118 valence electrons. The summed E-state index contributed by atoms with van der Waals surface area (Å²) in [5.74, 6) is 0.257. The van der Waals surface area contributed by atoms with Gasteiger partial charge in [-0.25, -0.2) is 9.97 Å². The molecule has 1 aromatic carbocycles. The van der Waals surface area contributed by atoms with Gasteiger partial charge >= 0.3 is 5.69 Å². The van der Waals surface area contributed by atoms with Gasteiger partial charge in [-0.3, -0.25) is 10.1 Å². The summed E-state index contributed by atoms with van der Waals surface area (Å²) in [6.45, 7) is 0.456. The van der Waals surface area contributed by atoms with E-state index in [9.17, 15) is 10.1 Å². The first-order chi connectivity index (χ1) is 11.1. The molecule has 23 heavy (non-hydrogen) atoms. The summed E-state index contributed by atoms with van der Waals surface area (Å²) in [6, 6.07) is 7.41. The van der Waals surface area contributed by atoms with Gasteiger partial charge in [-0.15, -0.1) is 11.3 Å². The topological polar surface area (TPSA) is 81.0 Å². The first kappa shape index (κ1) is 16.2. The number of nitro groups is 1. The molecule has 9 heteroatoms. The van der Waals surface area contributed by atoms with Gasteiger partial charge in [-0.2, -0.15) is 0 Å². The highest BCUT2D eigenvalue weighted by atomic mass is 79.9. The van der Waals surface area contributed by atoms with Crippen LogP contribution in [0.15, 0.2) is 39.3 Å². The predicted octanol–water partition coefficient (Wildman–Crippen LogP) is 4.70. The Hall–Kier alpha value is -1.71. The molecule has 3 rings (SSSR count). The zero-order chi connectivity index (χ0) is 16.4. The van der Waals surface area contributed by atoms with Crippen LogP contribution in [0, 0.1) is 10.1 Å². The largest absolute Gasteiger partial charge is 0.360 e. The van der Waals surface area contributed by atoms with E-state index in [4.69, 9.17) is 0 Å².